The van der Waals surface area contributed by atoms with Crippen molar-refractivity contribution in [2.45, 2.75) is 31.6 Å². The van der Waals surface area contributed by atoms with Gasteiger partial charge >= 0.3 is 0 Å². The molecule has 0 radical (unpaired) electrons. The predicted molar refractivity (Wildman–Crippen MR) is 71.8 cm³/mol. The number of benzene rings is 1. The highest BCUT2D eigenvalue weighted by Gasteiger charge is 2.14. The Hall–Kier alpha value is -0.980. The lowest BCUT2D eigenvalue weighted by Crippen LogP contribution is -2.25. The van der Waals surface area contributed by atoms with E-state index in [2.05, 4.69) is 4.72 Å². The number of hydrogen-bond donors (Lipinski definition) is 2. The number of rotatable bonds is 7. The minimum Gasteiger partial charge on any atom is -0.396 e. The summed E-state index contributed by atoms with van der Waals surface area (Å²) in [6.07, 6.45) is 1.37. The van der Waals surface area contributed by atoms with E-state index in [0.29, 0.717) is 12.0 Å². The van der Waals surface area contributed by atoms with Gasteiger partial charge in [0.05, 0.1) is 4.90 Å². The van der Waals surface area contributed by atoms with Crippen molar-refractivity contribution in [3.05, 3.63) is 29.6 Å². The Morgan fingerprint density at radius 3 is 2.68 bits per heavy atom. The second-order valence-electron chi connectivity index (χ2n) is 4.74. The normalized spacial score (nSPS) is 13.5. The van der Waals surface area contributed by atoms with E-state index in [1.54, 1.807) is 6.92 Å². The van der Waals surface area contributed by atoms with Gasteiger partial charge in [-0.05, 0) is 43.4 Å². The maximum atomic E-state index is 13.3. The number of nitrogens with one attached hydrogen (secondary N) is 1. The van der Waals surface area contributed by atoms with E-state index < -0.39 is 15.8 Å². The summed E-state index contributed by atoms with van der Waals surface area (Å²) in [5.74, 6) is -0.377. The third kappa shape index (κ3) is 4.89. The van der Waals surface area contributed by atoms with Crippen LogP contribution in [0.15, 0.2) is 23.1 Å². The lowest BCUT2D eigenvalue weighted by molar-refractivity contribution is 0.228. The predicted octanol–water partition coefficient (Wildman–Crippen LogP) is 1.82. The van der Waals surface area contributed by atoms with Crippen molar-refractivity contribution < 1.29 is 17.9 Å². The summed E-state index contributed by atoms with van der Waals surface area (Å²) in [5, 5.41) is 8.85. The van der Waals surface area contributed by atoms with Crippen LogP contribution in [0.2, 0.25) is 0 Å². The Morgan fingerprint density at radius 2 is 2.11 bits per heavy atom. The molecule has 2 N–H and O–H groups in total. The highest BCUT2D eigenvalue weighted by molar-refractivity contribution is 7.89. The van der Waals surface area contributed by atoms with Crippen LogP contribution < -0.4 is 4.72 Å². The first-order chi connectivity index (χ1) is 8.86. The van der Waals surface area contributed by atoms with Gasteiger partial charge in [-0.25, -0.2) is 17.5 Å². The molecule has 0 aliphatic rings. The first kappa shape index (κ1) is 16.1. The SMILES string of the molecule is Cc1ccc(S(=O)(=O)NCCCC(C)CO)cc1F. The van der Waals surface area contributed by atoms with Crippen LogP contribution in [-0.2, 0) is 10.0 Å². The van der Waals surface area contributed by atoms with Gasteiger partial charge in [-0.2, -0.15) is 0 Å². The summed E-state index contributed by atoms with van der Waals surface area (Å²) in [6, 6.07) is 3.85. The number of halogens is 1. The van der Waals surface area contributed by atoms with Crippen molar-refractivity contribution >= 4 is 10.0 Å². The average Bonchev–Trinajstić information content (AvgIpc) is 2.37. The Bertz CT molecular complexity index is 517. The lowest BCUT2D eigenvalue weighted by atomic mass is 10.1. The molecule has 4 nitrogen and oxygen atoms in total. The summed E-state index contributed by atoms with van der Waals surface area (Å²) in [4.78, 5) is -0.0641. The summed E-state index contributed by atoms with van der Waals surface area (Å²) in [7, 11) is -3.66. The van der Waals surface area contributed by atoms with Gasteiger partial charge < -0.3 is 5.11 Å². The van der Waals surface area contributed by atoms with E-state index in [9.17, 15) is 12.8 Å². The quantitative estimate of drug-likeness (QED) is 0.752. The number of aliphatic hydroxyl groups is 1. The molecular weight excluding hydrogens is 269 g/mol. The molecule has 0 aliphatic heterocycles. The average molecular weight is 289 g/mol. The third-order valence-corrected chi connectivity index (χ3v) is 4.39. The van der Waals surface area contributed by atoms with Crippen molar-refractivity contribution in [3.8, 4) is 0 Å². The van der Waals surface area contributed by atoms with Crippen LogP contribution in [0.25, 0.3) is 0 Å². The fourth-order valence-corrected chi connectivity index (χ4v) is 2.66. The van der Waals surface area contributed by atoms with Gasteiger partial charge in [0.25, 0.3) is 0 Å². The van der Waals surface area contributed by atoms with E-state index in [1.165, 1.54) is 12.1 Å². The molecule has 0 saturated carbocycles. The largest absolute Gasteiger partial charge is 0.396 e. The fraction of sp³-hybridized carbons (Fsp3) is 0.538. The molecule has 0 bridgehead atoms. The number of aryl methyl sites for hydroxylation is 1. The lowest BCUT2D eigenvalue weighted by Gasteiger charge is -2.09. The van der Waals surface area contributed by atoms with Gasteiger partial charge in [0.2, 0.25) is 10.0 Å². The maximum Gasteiger partial charge on any atom is 0.240 e. The fourth-order valence-electron chi connectivity index (χ4n) is 1.57. The second-order valence-corrected chi connectivity index (χ2v) is 6.51. The molecule has 0 amide bonds. The van der Waals surface area contributed by atoms with Crippen molar-refractivity contribution in [2.24, 2.45) is 5.92 Å². The van der Waals surface area contributed by atoms with Crippen molar-refractivity contribution in [3.63, 3.8) is 0 Å². The molecule has 0 fully saturated rings. The number of aliphatic hydroxyl groups excluding tert-OH is 1. The molecule has 1 aromatic carbocycles. The molecule has 1 aromatic rings. The molecular formula is C13H20FNO3S. The van der Waals surface area contributed by atoms with Crippen molar-refractivity contribution in [1.82, 2.24) is 4.72 Å². The topological polar surface area (TPSA) is 66.4 Å². The molecule has 1 atom stereocenters. The molecule has 0 spiro atoms. The van der Waals surface area contributed by atoms with E-state index in [-0.39, 0.29) is 24.0 Å². The highest BCUT2D eigenvalue weighted by atomic mass is 32.2. The standard InChI is InChI=1S/C13H20FNO3S/c1-10(9-16)4-3-7-15-19(17,18)12-6-5-11(2)13(14)8-12/h5-6,8,10,15-16H,3-4,7,9H2,1-2H3. The molecule has 1 unspecified atom stereocenters. The molecule has 0 aliphatic carbocycles. The van der Waals surface area contributed by atoms with Crippen LogP contribution in [0, 0.1) is 18.7 Å². The van der Waals surface area contributed by atoms with Gasteiger partial charge in [-0.15, -0.1) is 0 Å². The highest BCUT2D eigenvalue weighted by Crippen LogP contribution is 2.14. The Kier molecular flexibility index (Phi) is 5.90. The van der Waals surface area contributed by atoms with E-state index in [1.807, 2.05) is 6.92 Å². The molecule has 0 heterocycles. The van der Waals surface area contributed by atoms with Crippen molar-refractivity contribution in [1.29, 1.82) is 0 Å². The van der Waals surface area contributed by atoms with Crippen LogP contribution in [0.5, 0.6) is 0 Å². The Morgan fingerprint density at radius 1 is 1.42 bits per heavy atom. The second kappa shape index (κ2) is 6.98. The minimum atomic E-state index is -3.66. The molecule has 6 heteroatoms. The van der Waals surface area contributed by atoms with Gasteiger partial charge in [0.15, 0.2) is 0 Å². The van der Waals surface area contributed by atoms with Crippen molar-refractivity contribution in [2.75, 3.05) is 13.2 Å². The zero-order valence-corrected chi connectivity index (χ0v) is 12.0. The van der Waals surface area contributed by atoms with Gasteiger partial charge in [-0.1, -0.05) is 13.0 Å². The summed E-state index contributed by atoms with van der Waals surface area (Å²) in [6.45, 7) is 3.84. The molecule has 108 valence electrons. The first-order valence-corrected chi connectivity index (χ1v) is 7.72. The smallest absolute Gasteiger partial charge is 0.240 e. The zero-order chi connectivity index (χ0) is 14.5. The van der Waals surface area contributed by atoms with E-state index >= 15 is 0 Å². The first-order valence-electron chi connectivity index (χ1n) is 6.23. The third-order valence-electron chi connectivity index (χ3n) is 2.93. The molecule has 1 rings (SSSR count). The van der Waals surface area contributed by atoms with E-state index in [4.69, 9.17) is 5.11 Å². The molecule has 19 heavy (non-hydrogen) atoms. The van der Waals surface area contributed by atoms with Gasteiger partial charge in [-0.3, -0.25) is 0 Å². The van der Waals surface area contributed by atoms with Crippen LogP contribution in [0.1, 0.15) is 25.3 Å². The van der Waals surface area contributed by atoms with Crippen LogP contribution in [-0.4, -0.2) is 26.7 Å². The zero-order valence-electron chi connectivity index (χ0n) is 11.2. The number of sulfonamides is 1. The van der Waals surface area contributed by atoms with E-state index in [0.717, 1.165) is 12.5 Å². The summed E-state index contributed by atoms with van der Waals surface area (Å²) < 4.78 is 39.5. The monoisotopic (exact) mass is 289 g/mol. The Balaban J connectivity index is 2.58. The molecule has 0 saturated heterocycles. The number of hydrogen-bond acceptors (Lipinski definition) is 3. The Labute approximate surface area is 113 Å². The van der Waals surface area contributed by atoms with Gasteiger partial charge in [0, 0.05) is 13.2 Å². The maximum absolute atomic E-state index is 13.3. The summed E-state index contributed by atoms with van der Waals surface area (Å²) >= 11 is 0. The minimum absolute atomic E-state index is 0.0641. The molecule has 0 aromatic heterocycles. The van der Waals surface area contributed by atoms with Crippen LogP contribution in [0.3, 0.4) is 0 Å². The van der Waals surface area contributed by atoms with Gasteiger partial charge in [0.1, 0.15) is 5.82 Å². The van der Waals surface area contributed by atoms with Crippen LogP contribution >= 0.6 is 0 Å². The van der Waals surface area contributed by atoms with Crippen LogP contribution in [0.4, 0.5) is 4.39 Å². The summed E-state index contributed by atoms with van der Waals surface area (Å²) in [5.41, 5.74) is 0.413.